The lowest BCUT2D eigenvalue weighted by molar-refractivity contribution is -0.116. The van der Waals surface area contributed by atoms with E-state index < -0.39 is 0 Å². The van der Waals surface area contributed by atoms with Gasteiger partial charge in [0.1, 0.15) is 5.69 Å². The van der Waals surface area contributed by atoms with Crippen LogP contribution in [-0.2, 0) is 11.3 Å². The first-order chi connectivity index (χ1) is 11.7. The van der Waals surface area contributed by atoms with Crippen LogP contribution in [0.4, 0.5) is 5.69 Å². The summed E-state index contributed by atoms with van der Waals surface area (Å²) in [4.78, 5) is 24.6. The van der Waals surface area contributed by atoms with E-state index in [1.807, 2.05) is 30.3 Å². The maximum absolute atomic E-state index is 12.5. The van der Waals surface area contributed by atoms with Gasteiger partial charge in [0.25, 0.3) is 5.56 Å². The van der Waals surface area contributed by atoms with Crippen molar-refractivity contribution in [2.75, 3.05) is 18.4 Å². The summed E-state index contributed by atoms with van der Waals surface area (Å²) in [6, 6.07) is 13.3. The predicted molar refractivity (Wildman–Crippen MR) is 102 cm³/mol. The number of rotatable bonds is 6. The summed E-state index contributed by atoms with van der Waals surface area (Å²) in [5.74, 6) is 0.484. The molecule has 1 saturated heterocycles. The Hall–Kier alpha value is -2.11. The molecule has 1 unspecified atom stereocenters. The molecule has 5 nitrogen and oxygen atoms in total. The highest BCUT2D eigenvalue weighted by Crippen LogP contribution is 2.14. The number of carbonyl (C=O) groups is 1. The maximum Gasteiger partial charge on any atom is 0.274 e. The van der Waals surface area contributed by atoms with E-state index in [1.165, 1.54) is 0 Å². The van der Waals surface area contributed by atoms with E-state index in [0.717, 1.165) is 31.5 Å². The zero-order valence-corrected chi connectivity index (χ0v) is 14.9. The van der Waals surface area contributed by atoms with E-state index in [1.54, 1.807) is 22.9 Å². The molecular weight excluding hydrogens is 338 g/mol. The Balaban J connectivity index is 0.00000225. The van der Waals surface area contributed by atoms with Crippen LogP contribution in [0.1, 0.15) is 24.8 Å². The summed E-state index contributed by atoms with van der Waals surface area (Å²) in [5.41, 5.74) is 1.23. The molecule has 2 aromatic rings. The van der Waals surface area contributed by atoms with Gasteiger partial charge in [0.15, 0.2) is 0 Å². The number of nitrogens with zero attached hydrogens (tertiary/aromatic N) is 1. The number of carbonyl (C=O) groups excluding carboxylic acids is 1. The van der Waals surface area contributed by atoms with Gasteiger partial charge in [-0.05, 0) is 49.5 Å². The number of halogens is 1. The second-order valence-corrected chi connectivity index (χ2v) is 6.29. The van der Waals surface area contributed by atoms with Gasteiger partial charge in [0, 0.05) is 12.6 Å². The van der Waals surface area contributed by atoms with Crippen LogP contribution in [0.2, 0.25) is 0 Å². The monoisotopic (exact) mass is 361 g/mol. The number of hydrogen-bond donors (Lipinski definition) is 2. The number of amides is 1. The molecule has 0 aliphatic carbocycles. The van der Waals surface area contributed by atoms with Crippen LogP contribution in [0.15, 0.2) is 53.5 Å². The Kier molecular flexibility index (Phi) is 7.22. The number of anilines is 1. The standard InChI is InChI=1S/C19H23N3O2.ClH/c23-18(9-8-15-10-11-20-13-15)21-17-7-4-12-22(19(17)24)14-16-5-2-1-3-6-16;/h1-7,12,15,20H,8-11,13-14H2,(H,21,23);1H. The van der Waals surface area contributed by atoms with Crippen molar-refractivity contribution in [3.63, 3.8) is 0 Å². The van der Waals surface area contributed by atoms with Crippen molar-refractivity contribution in [1.29, 1.82) is 0 Å². The predicted octanol–water partition coefficient (Wildman–Crippen LogP) is 2.65. The van der Waals surface area contributed by atoms with Crippen molar-refractivity contribution >= 4 is 24.0 Å². The maximum atomic E-state index is 12.5. The van der Waals surface area contributed by atoms with Gasteiger partial charge < -0.3 is 15.2 Å². The quantitative estimate of drug-likeness (QED) is 0.831. The smallest absolute Gasteiger partial charge is 0.274 e. The molecule has 1 aliphatic rings. The Bertz CT molecular complexity index is 740. The van der Waals surface area contributed by atoms with Gasteiger partial charge in [0.2, 0.25) is 5.91 Å². The topological polar surface area (TPSA) is 63.1 Å². The highest BCUT2D eigenvalue weighted by Gasteiger charge is 2.16. The fraction of sp³-hybridized carbons (Fsp3) is 0.368. The van der Waals surface area contributed by atoms with Gasteiger partial charge in [0.05, 0.1) is 6.54 Å². The lowest BCUT2D eigenvalue weighted by Gasteiger charge is -2.10. The lowest BCUT2D eigenvalue weighted by atomic mass is 10.0. The van der Waals surface area contributed by atoms with Gasteiger partial charge in [-0.3, -0.25) is 9.59 Å². The number of nitrogens with one attached hydrogen (secondary N) is 2. The Morgan fingerprint density at radius 1 is 1.20 bits per heavy atom. The molecule has 2 heterocycles. The van der Waals surface area contributed by atoms with Crippen LogP contribution < -0.4 is 16.2 Å². The Morgan fingerprint density at radius 2 is 2.00 bits per heavy atom. The third kappa shape index (κ3) is 5.44. The number of pyridine rings is 1. The van der Waals surface area contributed by atoms with E-state index in [-0.39, 0.29) is 23.9 Å². The fourth-order valence-corrected chi connectivity index (χ4v) is 3.05. The number of hydrogen-bond acceptors (Lipinski definition) is 3. The molecule has 0 spiro atoms. The van der Waals surface area contributed by atoms with Gasteiger partial charge in [-0.1, -0.05) is 30.3 Å². The molecule has 1 aromatic carbocycles. The first kappa shape index (κ1) is 19.2. The molecule has 6 heteroatoms. The van der Waals surface area contributed by atoms with Gasteiger partial charge >= 0.3 is 0 Å². The average molecular weight is 362 g/mol. The van der Waals surface area contributed by atoms with E-state index in [4.69, 9.17) is 0 Å². The molecule has 0 radical (unpaired) electrons. The average Bonchev–Trinajstić information content (AvgIpc) is 3.11. The summed E-state index contributed by atoms with van der Waals surface area (Å²) >= 11 is 0. The summed E-state index contributed by atoms with van der Waals surface area (Å²) in [6.07, 6.45) is 4.20. The van der Waals surface area contributed by atoms with Crippen molar-refractivity contribution in [3.05, 3.63) is 64.6 Å². The summed E-state index contributed by atoms with van der Waals surface area (Å²) in [6.45, 7) is 2.52. The minimum atomic E-state index is -0.169. The van der Waals surface area contributed by atoms with Gasteiger partial charge in [-0.25, -0.2) is 0 Å². The first-order valence-electron chi connectivity index (χ1n) is 8.46. The summed E-state index contributed by atoms with van der Waals surface area (Å²) in [5, 5.41) is 6.07. The van der Waals surface area contributed by atoms with Crippen LogP contribution in [-0.4, -0.2) is 23.6 Å². The zero-order chi connectivity index (χ0) is 16.8. The van der Waals surface area contributed by atoms with Crippen LogP contribution in [0.3, 0.4) is 0 Å². The van der Waals surface area contributed by atoms with Gasteiger partial charge in [-0.2, -0.15) is 0 Å². The van der Waals surface area contributed by atoms with Crippen molar-refractivity contribution in [1.82, 2.24) is 9.88 Å². The third-order valence-corrected chi connectivity index (χ3v) is 4.43. The van der Waals surface area contributed by atoms with Crippen molar-refractivity contribution < 1.29 is 4.79 Å². The molecule has 134 valence electrons. The third-order valence-electron chi connectivity index (χ3n) is 4.43. The van der Waals surface area contributed by atoms with E-state index in [0.29, 0.717) is 24.6 Å². The Morgan fingerprint density at radius 3 is 2.72 bits per heavy atom. The SMILES string of the molecule is Cl.O=C(CCC1CCNC1)Nc1cccn(Cc2ccccc2)c1=O. The largest absolute Gasteiger partial charge is 0.321 e. The molecule has 0 bridgehead atoms. The second kappa shape index (κ2) is 9.39. The molecule has 25 heavy (non-hydrogen) atoms. The van der Waals surface area contributed by atoms with E-state index in [9.17, 15) is 9.59 Å². The molecule has 1 atom stereocenters. The fourth-order valence-electron chi connectivity index (χ4n) is 3.05. The van der Waals surface area contributed by atoms with Gasteiger partial charge in [-0.15, -0.1) is 12.4 Å². The van der Waals surface area contributed by atoms with Crippen molar-refractivity contribution in [3.8, 4) is 0 Å². The minimum Gasteiger partial charge on any atom is -0.321 e. The molecule has 1 aromatic heterocycles. The molecule has 1 amide bonds. The normalized spacial score (nSPS) is 16.2. The number of aromatic nitrogens is 1. The molecule has 1 aliphatic heterocycles. The van der Waals surface area contributed by atoms with Crippen LogP contribution in [0.5, 0.6) is 0 Å². The van der Waals surface area contributed by atoms with Crippen LogP contribution >= 0.6 is 12.4 Å². The number of benzene rings is 1. The molecule has 2 N–H and O–H groups in total. The van der Waals surface area contributed by atoms with Crippen LogP contribution in [0.25, 0.3) is 0 Å². The zero-order valence-electron chi connectivity index (χ0n) is 14.1. The minimum absolute atomic E-state index is 0. The highest BCUT2D eigenvalue weighted by atomic mass is 35.5. The first-order valence-corrected chi connectivity index (χ1v) is 8.46. The molecule has 0 saturated carbocycles. The molecule has 3 rings (SSSR count). The van der Waals surface area contributed by atoms with Crippen LogP contribution in [0, 0.1) is 5.92 Å². The summed E-state index contributed by atoms with van der Waals surface area (Å²) < 4.78 is 1.62. The summed E-state index contributed by atoms with van der Waals surface area (Å²) in [7, 11) is 0. The van der Waals surface area contributed by atoms with Crippen molar-refractivity contribution in [2.24, 2.45) is 5.92 Å². The molecular formula is C19H24ClN3O2. The van der Waals surface area contributed by atoms with E-state index >= 15 is 0 Å². The Labute approximate surface area is 153 Å². The highest BCUT2D eigenvalue weighted by molar-refractivity contribution is 5.90. The molecule has 1 fully saturated rings. The second-order valence-electron chi connectivity index (χ2n) is 6.29. The lowest BCUT2D eigenvalue weighted by Crippen LogP contribution is -2.26. The van der Waals surface area contributed by atoms with E-state index in [2.05, 4.69) is 10.6 Å². The van der Waals surface area contributed by atoms with Crippen molar-refractivity contribution in [2.45, 2.75) is 25.8 Å².